The summed E-state index contributed by atoms with van der Waals surface area (Å²) in [5.74, 6) is 0.113. The second kappa shape index (κ2) is 2.81. The van der Waals surface area contributed by atoms with E-state index in [-0.39, 0.29) is 11.8 Å². The minimum atomic E-state index is -0.716. The van der Waals surface area contributed by atoms with Crippen molar-refractivity contribution < 1.29 is 9.90 Å². The number of carbonyl (C=O) groups excluding carboxylic acids is 1. The number of hydrogen-bond acceptors (Lipinski definition) is 2. The quantitative estimate of drug-likeness (QED) is 0.605. The fraction of sp³-hybridized carbons (Fsp3) is 0.875. The van der Waals surface area contributed by atoms with E-state index >= 15 is 0 Å². The van der Waals surface area contributed by atoms with Crippen molar-refractivity contribution in [3.8, 4) is 0 Å². The molecule has 0 aromatic carbocycles. The first-order valence-electron chi connectivity index (χ1n) is 3.99. The zero-order valence-corrected chi connectivity index (χ0v) is 7.05. The molecule has 0 aliphatic carbocycles. The Morgan fingerprint density at radius 2 is 2.36 bits per heavy atom. The molecular formula is C8H15NO2. The van der Waals surface area contributed by atoms with Crippen LogP contribution in [0.5, 0.6) is 0 Å². The van der Waals surface area contributed by atoms with Gasteiger partial charge in [-0.2, -0.15) is 0 Å². The Morgan fingerprint density at radius 1 is 1.73 bits per heavy atom. The lowest BCUT2D eigenvalue weighted by atomic mass is 9.93. The zero-order chi connectivity index (χ0) is 8.48. The third kappa shape index (κ3) is 2.50. The summed E-state index contributed by atoms with van der Waals surface area (Å²) < 4.78 is 0. The SMILES string of the molecule is CC(C)(O)CC1CCNC1=O. The van der Waals surface area contributed by atoms with E-state index in [0.29, 0.717) is 6.42 Å². The van der Waals surface area contributed by atoms with Crippen LogP contribution in [0.4, 0.5) is 0 Å². The molecule has 0 bridgehead atoms. The maximum atomic E-state index is 11.0. The van der Waals surface area contributed by atoms with Crippen molar-refractivity contribution in [2.45, 2.75) is 32.3 Å². The van der Waals surface area contributed by atoms with Gasteiger partial charge in [-0.3, -0.25) is 4.79 Å². The molecule has 0 saturated carbocycles. The minimum Gasteiger partial charge on any atom is -0.390 e. The zero-order valence-electron chi connectivity index (χ0n) is 7.05. The van der Waals surface area contributed by atoms with Gasteiger partial charge < -0.3 is 10.4 Å². The Labute approximate surface area is 66.8 Å². The summed E-state index contributed by atoms with van der Waals surface area (Å²) >= 11 is 0. The van der Waals surface area contributed by atoms with Crippen LogP contribution in [-0.2, 0) is 4.79 Å². The topological polar surface area (TPSA) is 49.3 Å². The van der Waals surface area contributed by atoms with E-state index in [1.807, 2.05) is 0 Å². The van der Waals surface area contributed by atoms with Gasteiger partial charge in [0.05, 0.1) is 5.60 Å². The molecule has 2 N–H and O–H groups in total. The molecule has 3 nitrogen and oxygen atoms in total. The molecule has 0 aromatic heterocycles. The molecule has 0 aromatic rings. The first-order valence-corrected chi connectivity index (χ1v) is 3.99. The van der Waals surface area contributed by atoms with E-state index in [1.165, 1.54) is 0 Å². The second-order valence-electron chi connectivity index (χ2n) is 3.79. The predicted molar refractivity (Wildman–Crippen MR) is 42.0 cm³/mol. The number of amides is 1. The number of hydrogen-bond donors (Lipinski definition) is 2. The summed E-state index contributed by atoms with van der Waals surface area (Å²) in [4.78, 5) is 11.0. The molecule has 1 heterocycles. The molecule has 64 valence electrons. The van der Waals surface area contributed by atoms with Gasteiger partial charge in [0, 0.05) is 12.5 Å². The van der Waals surface area contributed by atoms with Gasteiger partial charge in [-0.25, -0.2) is 0 Å². The van der Waals surface area contributed by atoms with Crippen molar-refractivity contribution in [3.63, 3.8) is 0 Å². The molecule has 1 fully saturated rings. The Bertz CT molecular complexity index is 160. The molecule has 1 unspecified atom stereocenters. The van der Waals surface area contributed by atoms with Crippen LogP contribution in [0.15, 0.2) is 0 Å². The van der Waals surface area contributed by atoms with Gasteiger partial charge in [-0.1, -0.05) is 0 Å². The molecule has 0 radical (unpaired) electrons. The summed E-state index contributed by atoms with van der Waals surface area (Å²) in [5, 5.41) is 12.2. The van der Waals surface area contributed by atoms with Gasteiger partial charge in [0.15, 0.2) is 0 Å². The van der Waals surface area contributed by atoms with E-state index in [2.05, 4.69) is 5.32 Å². The minimum absolute atomic E-state index is 0.0231. The first kappa shape index (κ1) is 8.53. The lowest BCUT2D eigenvalue weighted by Crippen LogP contribution is -2.27. The van der Waals surface area contributed by atoms with E-state index in [1.54, 1.807) is 13.8 Å². The van der Waals surface area contributed by atoms with Crippen molar-refractivity contribution in [3.05, 3.63) is 0 Å². The maximum Gasteiger partial charge on any atom is 0.223 e. The Hall–Kier alpha value is -0.570. The van der Waals surface area contributed by atoms with Crippen LogP contribution < -0.4 is 5.32 Å². The standard InChI is InChI=1S/C8H15NO2/c1-8(2,11)5-6-3-4-9-7(6)10/h6,11H,3-5H2,1-2H3,(H,9,10). The number of carbonyl (C=O) groups is 1. The van der Waals surface area contributed by atoms with Gasteiger partial charge >= 0.3 is 0 Å². The maximum absolute atomic E-state index is 11.0. The van der Waals surface area contributed by atoms with Gasteiger partial charge in [0.25, 0.3) is 0 Å². The van der Waals surface area contributed by atoms with Gasteiger partial charge in [-0.15, -0.1) is 0 Å². The average molecular weight is 157 g/mol. The van der Waals surface area contributed by atoms with E-state index in [4.69, 9.17) is 0 Å². The first-order chi connectivity index (χ1) is 4.99. The van der Waals surface area contributed by atoms with E-state index < -0.39 is 5.60 Å². The van der Waals surface area contributed by atoms with Crippen molar-refractivity contribution >= 4 is 5.91 Å². The van der Waals surface area contributed by atoms with Crippen LogP contribution in [-0.4, -0.2) is 23.2 Å². The molecule has 0 spiro atoms. The normalized spacial score (nSPS) is 25.4. The van der Waals surface area contributed by atoms with Crippen LogP contribution in [0.2, 0.25) is 0 Å². The largest absolute Gasteiger partial charge is 0.390 e. The Balaban J connectivity index is 2.43. The number of nitrogens with one attached hydrogen (secondary N) is 1. The van der Waals surface area contributed by atoms with Crippen LogP contribution in [0.1, 0.15) is 26.7 Å². The molecule has 11 heavy (non-hydrogen) atoms. The monoisotopic (exact) mass is 157 g/mol. The van der Waals surface area contributed by atoms with Gasteiger partial charge in [-0.05, 0) is 26.7 Å². The van der Waals surface area contributed by atoms with Crippen molar-refractivity contribution in [1.82, 2.24) is 5.32 Å². The Kier molecular flexibility index (Phi) is 2.18. The molecule has 1 amide bonds. The summed E-state index contributed by atoms with van der Waals surface area (Å²) in [5.41, 5.74) is -0.716. The number of rotatable bonds is 2. The number of aliphatic hydroxyl groups is 1. The second-order valence-corrected chi connectivity index (χ2v) is 3.79. The van der Waals surface area contributed by atoms with Gasteiger partial charge in [0.1, 0.15) is 0 Å². The van der Waals surface area contributed by atoms with Crippen LogP contribution >= 0.6 is 0 Å². The van der Waals surface area contributed by atoms with Gasteiger partial charge in [0.2, 0.25) is 5.91 Å². The molecule has 1 aliphatic heterocycles. The molecule has 1 rings (SSSR count). The molecule has 1 aliphatic rings. The highest BCUT2D eigenvalue weighted by Gasteiger charge is 2.29. The third-order valence-corrected chi connectivity index (χ3v) is 1.91. The van der Waals surface area contributed by atoms with Crippen LogP contribution in [0.25, 0.3) is 0 Å². The molecule has 1 atom stereocenters. The highest BCUT2D eigenvalue weighted by Crippen LogP contribution is 2.21. The molecular weight excluding hydrogens is 142 g/mol. The predicted octanol–water partition coefficient (Wildman–Crippen LogP) is 0.283. The molecule has 1 saturated heterocycles. The summed E-state index contributed by atoms with van der Waals surface area (Å²) in [7, 11) is 0. The average Bonchev–Trinajstić information content (AvgIpc) is 2.12. The van der Waals surface area contributed by atoms with Crippen molar-refractivity contribution in [1.29, 1.82) is 0 Å². The van der Waals surface area contributed by atoms with Crippen LogP contribution in [0, 0.1) is 5.92 Å². The van der Waals surface area contributed by atoms with Crippen molar-refractivity contribution in [2.24, 2.45) is 5.92 Å². The van der Waals surface area contributed by atoms with Crippen molar-refractivity contribution in [2.75, 3.05) is 6.54 Å². The van der Waals surface area contributed by atoms with E-state index in [9.17, 15) is 9.90 Å². The summed E-state index contributed by atoms with van der Waals surface area (Å²) in [6, 6.07) is 0. The molecule has 3 heteroatoms. The highest BCUT2D eigenvalue weighted by molar-refractivity contribution is 5.80. The Morgan fingerprint density at radius 3 is 2.73 bits per heavy atom. The van der Waals surface area contributed by atoms with Crippen LogP contribution in [0.3, 0.4) is 0 Å². The van der Waals surface area contributed by atoms with E-state index in [0.717, 1.165) is 13.0 Å². The summed E-state index contributed by atoms with van der Waals surface area (Å²) in [6.45, 7) is 4.23. The fourth-order valence-corrected chi connectivity index (χ4v) is 1.44. The fourth-order valence-electron chi connectivity index (χ4n) is 1.44. The lowest BCUT2D eigenvalue weighted by molar-refractivity contribution is -0.124. The third-order valence-electron chi connectivity index (χ3n) is 1.91. The highest BCUT2D eigenvalue weighted by atomic mass is 16.3. The lowest BCUT2D eigenvalue weighted by Gasteiger charge is -2.19. The summed E-state index contributed by atoms with van der Waals surface area (Å²) in [6.07, 6.45) is 1.43. The smallest absolute Gasteiger partial charge is 0.223 e.